The van der Waals surface area contributed by atoms with Crippen molar-refractivity contribution in [2.75, 3.05) is 0 Å². The van der Waals surface area contributed by atoms with Gasteiger partial charge in [-0.3, -0.25) is 4.79 Å². The van der Waals surface area contributed by atoms with Crippen LogP contribution in [0.25, 0.3) is 0 Å². The van der Waals surface area contributed by atoms with Gasteiger partial charge in [-0.25, -0.2) is 4.79 Å². The van der Waals surface area contributed by atoms with E-state index in [2.05, 4.69) is 5.32 Å². The van der Waals surface area contributed by atoms with Gasteiger partial charge in [0.05, 0.1) is 0 Å². The number of hydrogen-bond acceptors (Lipinski definition) is 3. The SMILES string of the molecule is C[C@@H](NC(=O)OC(C)(C)C)C1CCC(C(N)=O)CC1. The Bertz CT molecular complexity index is 328. The van der Waals surface area contributed by atoms with Crippen molar-refractivity contribution in [1.29, 1.82) is 0 Å². The first-order valence-electron chi connectivity index (χ1n) is 6.98. The zero-order chi connectivity index (χ0) is 14.6. The monoisotopic (exact) mass is 270 g/mol. The van der Waals surface area contributed by atoms with E-state index in [4.69, 9.17) is 10.5 Å². The topological polar surface area (TPSA) is 81.4 Å². The maximum atomic E-state index is 11.7. The first kappa shape index (κ1) is 15.8. The summed E-state index contributed by atoms with van der Waals surface area (Å²) in [6.45, 7) is 7.51. The van der Waals surface area contributed by atoms with E-state index in [1.165, 1.54) is 0 Å². The van der Waals surface area contributed by atoms with E-state index in [0.29, 0.717) is 5.92 Å². The summed E-state index contributed by atoms with van der Waals surface area (Å²) >= 11 is 0. The molecule has 5 nitrogen and oxygen atoms in total. The molecule has 1 saturated carbocycles. The quantitative estimate of drug-likeness (QED) is 0.824. The second kappa shape index (κ2) is 6.26. The van der Waals surface area contributed by atoms with Crippen LogP contribution in [0.15, 0.2) is 0 Å². The molecule has 1 aliphatic carbocycles. The Morgan fingerprint density at radius 3 is 2.16 bits per heavy atom. The van der Waals surface area contributed by atoms with Crippen LogP contribution in [-0.2, 0) is 9.53 Å². The largest absolute Gasteiger partial charge is 0.444 e. The standard InChI is InChI=1S/C14H26N2O3/c1-9(16-13(18)19-14(2,3)4)10-5-7-11(8-6-10)12(15)17/h9-11H,5-8H2,1-4H3,(H2,15,17)(H,16,18)/t9-,10?,11?/m1/s1. The van der Waals surface area contributed by atoms with Crippen LogP contribution in [0.4, 0.5) is 4.79 Å². The third-order valence-electron chi connectivity index (χ3n) is 3.63. The number of nitrogens with one attached hydrogen (secondary N) is 1. The summed E-state index contributed by atoms with van der Waals surface area (Å²) in [6, 6.07) is 0.0590. The molecule has 2 amide bonds. The lowest BCUT2D eigenvalue weighted by molar-refractivity contribution is -0.123. The lowest BCUT2D eigenvalue weighted by Gasteiger charge is -2.32. The van der Waals surface area contributed by atoms with Crippen LogP contribution in [0.2, 0.25) is 0 Å². The highest BCUT2D eigenvalue weighted by atomic mass is 16.6. The predicted octanol–water partition coefficient (Wildman–Crippen LogP) is 2.19. The van der Waals surface area contributed by atoms with Crippen LogP contribution in [0.3, 0.4) is 0 Å². The van der Waals surface area contributed by atoms with Gasteiger partial charge in [0, 0.05) is 12.0 Å². The maximum absolute atomic E-state index is 11.7. The fraction of sp³-hybridized carbons (Fsp3) is 0.857. The van der Waals surface area contributed by atoms with Gasteiger partial charge in [-0.15, -0.1) is 0 Å². The fourth-order valence-electron chi connectivity index (χ4n) is 2.52. The molecule has 1 rings (SSSR count). The van der Waals surface area contributed by atoms with Gasteiger partial charge >= 0.3 is 6.09 Å². The molecule has 1 fully saturated rings. The van der Waals surface area contributed by atoms with Gasteiger partial charge in [-0.2, -0.15) is 0 Å². The molecule has 0 heterocycles. The molecule has 0 aromatic carbocycles. The Morgan fingerprint density at radius 2 is 1.74 bits per heavy atom. The molecular formula is C14H26N2O3. The summed E-state index contributed by atoms with van der Waals surface area (Å²) < 4.78 is 5.23. The third-order valence-corrected chi connectivity index (χ3v) is 3.63. The van der Waals surface area contributed by atoms with Crippen LogP contribution in [0.1, 0.15) is 53.4 Å². The molecule has 0 radical (unpaired) electrons. The second-order valence-electron chi connectivity index (χ2n) is 6.45. The van der Waals surface area contributed by atoms with Gasteiger partial charge in [0.1, 0.15) is 5.60 Å². The molecule has 0 aromatic heterocycles. The number of primary amides is 1. The number of carbonyl (C=O) groups is 2. The van der Waals surface area contributed by atoms with Crippen LogP contribution < -0.4 is 11.1 Å². The molecule has 3 N–H and O–H groups in total. The van der Waals surface area contributed by atoms with Gasteiger partial charge in [-0.1, -0.05) is 0 Å². The normalized spacial score (nSPS) is 25.5. The van der Waals surface area contributed by atoms with E-state index in [0.717, 1.165) is 25.7 Å². The van der Waals surface area contributed by atoms with Crippen LogP contribution in [0.5, 0.6) is 0 Å². The van der Waals surface area contributed by atoms with E-state index in [9.17, 15) is 9.59 Å². The van der Waals surface area contributed by atoms with Crippen LogP contribution in [-0.4, -0.2) is 23.6 Å². The zero-order valence-electron chi connectivity index (χ0n) is 12.4. The minimum Gasteiger partial charge on any atom is -0.444 e. The first-order chi connectivity index (χ1) is 8.69. The number of nitrogens with two attached hydrogens (primary N) is 1. The molecule has 1 aliphatic rings. The molecule has 0 saturated heterocycles. The summed E-state index contributed by atoms with van der Waals surface area (Å²) in [7, 11) is 0. The molecule has 1 atom stereocenters. The van der Waals surface area contributed by atoms with E-state index >= 15 is 0 Å². The van der Waals surface area contributed by atoms with E-state index < -0.39 is 5.60 Å². The third kappa shape index (κ3) is 5.49. The van der Waals surface area contributed by atoms with E-state index in [1.807, 2.05) is 27.7 Å². The summed E-state index contributed by atoms with van der Waals surface area (Å²) in [4.78, 5) is 22.8. The Balaban J connectivity index is 2.37. The Morgan fingerprint density at radius 1 is 1.21 bits per heavy atom. The lowest BCUT2D eigenvalue weighted by Crippen LogP contribution is -2.43. The van der Waals surface area contributed by atoms with Crippen molar-refractivity contribution in [3.63, 3.8) is 0 Å². The fourth-order valence-corrected chi connectivity index (χ4v) is 2.52. The number of ether oxygens (including phenoxy) is 1. The van der Waals surface area contributed by atoms with Gasteiger partial charge < -0.3 is 15.8 Å². The molecule has 19 heavy (non-hydrogen) atoms. The van der Waals surface area contributed by atoms with Crippen molar-refractivity contribution in [1.82, 2.24) is 5.32 Å². The average Bonchev–Trinajstić information content (AvgIpc) is 2.26. The Labute approximate surface area is 115 Å². The van der Waals surface area contributed by atoms with Crippen LogP contribution >= 0.6 is 0 Å². The lowest BCUT2D eigenvalue weighted by atomic mass is 9.78. The molecular weight excluding hydrogens is 244 g/mol. The van der Waals surface area contributed by atoms with Crippen molar-refractivity contribution in [3.05, 3.63) is 0 Å². The minimum atomic E-state index is -0.479. The summed E-state index contributed by atoms with van der Waals surface area (Å²) in [5.74, 6) is 0.194. The van der Waals surface area contributed by atoms with Crippen molar-refractivity contribution < 1.29 is 14.3 Å². The van der Waals surface area contributed by atoms with E-state index in [-0.39, 0.29) is 24.0 Å². The number of alkyl carbamates (subject to hydrolysis) is 1. The summed E-state index contributed by atoms with van der Waals surface area (Å²) in [6.07, 6.45) is 3.10. The highest BCUT2D eigenvalue weighted by Crippen LogP contribution is 2.30. The smallest absolute Gasteiger partial charge is 0.407 e. The van der Waals surface area contributed by atoms with E-state index in [1.54, 1.807) is 0 Å². The Kier molecular flexibility index (Phi) is 5.20. The molecule has 5 heteroatoms. The number of hydrogen-bond donors (Lipinski definition) is 2. The molecule has 0 aromatic rings. The highest BCUT2D eigenvalue weighted by molar-refractivity contribution is 5.76. The van der Waals surface area contributed by atoms with Crippen molar-refractivity contribution >= 4 is 12.0 Å². The predicted molar refractivity (Wildman–Crippen MR) is 73.5 cm³/mol. The molecule has 0 spiro atoms. The second-order valence-corrected chi connectivity index (χ2v) is 6.45. The van der Waals surface area contributed by atoms with Gasteiger partial charge in [0.25, 0.3) is 0 Å². The van der Waals surface area contributed by atoms with Crippen molar-refractivity contribution in [2.24, 2.45) is 17.6 Å². The molecule has 0 unspecified atom stereocenters. The number of amides is 2. The Hall–Kier alpha value is -1.26. The molecule has 0 bridgehead atoms. The van der Waals surface area contributed by atoms with Gasteiger partial charge in [0.15, 0.2) is 0 Å². The molecule has 110 valence electrons. The number of rotatable bonds is 3. The summed E-state index contributed by atoms with van der Waals surface area (Å²) in [5, 5.41) is 2.87. The average molecular weight is 270 g/mol. The summed E-state index contributed by atoms with van der Waals surface area (Å²) in [5.41, 5.74) is 4.83. The minimum absolute atomic E-state index is 0.00461. The maximum Gasteiger partial charge on any atom is 0.407 e. The van der Waals surface area contributed by atoms with Crippen molar-refractivity contribution in [2.45, 2.75) is 65.0 Å². The van der Waals surface area contributed by atoms with Crippen LogP contribution in [0, 0.1) is 11.8 Å². The van der Waals surface area contributed by atoms with Crippen molar-refractivity contribution in [3.8, 4) is 0 Å². The first-order valence-corrected chi connectivity index (χ1v) is 6.98. The number of carbonyl (C=O) groups excluding carboxylic acids is 2. The van der Waals surface area contributed by atoms with Gasteiger partial charge in [-0.05, 0) is 59.3 Å². The highest BCUT2D eigenvalue weighted by Gasteiger charge is 2.29. The zero-order valence-corrected chi connectivity index (χ0v) is 12.4. The molecule has 0 aliphatic heterocycles. The van der Waals surface area contributed by atoms with Gasteiger partial charge in [0.2, 0.25) is 5.91 Å².